The van der Waals surface area contributed by atoms with Crippen LogP contribution >= 0.6 is 0 Å². The van der Waals surface area contributed by atoms with Crippen LogP contribution in [0.4, 0.5) is 11.4 Å². The maximum absolute atomic E-state index is 12.1. The lowest BCUT2D eigenvalue weighted by Crippen LogP contribution is -2.22. The number of nitrogens with zero attached hydrogens (tertiary/aromatic N) is 1. The van der Waals surface area contributed by atoms with Gasteiger partial charge in [0.15, 0.2) is 0 Å². The van der Waals surface area contributed by atoms with Gasteiger partial charge in [-0.3, -0.25) is 0 Å². The molecule has 118 valence electrons. The first-order valence-corrected chi connectivity index (χ1v) is 8.53. The van der Waals surface area contributed by atoms with Crippen LogP contribution in [0.3, 0.4) is 0 Å². The van der Waals surface area contributed by atoms with Gasteiger partial charge < -0.3 is 15.8 Å². The molecule has 1 aliphatic rings. The maximum atomic E-state index is 12.1. The molecule has 1 saturated heterocycles. The van der Waals surface area contributed by atoms with E-state index >= 15 is 0 Å². The van der Waals surface area contributed by atoms with Crippen LogP contribution in [-0.2, 0) is 14.8 Å². The van der Waals surface area contributed by atoms with Crippen LogP contribution in [0.15, 0.2) is 23.1 Å². The summed E-state index contributed by atoms with van der Waals surface area (Å²) in [6, 6.07) is 4.72. The van der Waals surface area contributed by atoms with Crippen molar-refractivity contribution in [2.45, 2.75) is 30.3 Å². The summed E-state index contributed by atoms with van der Waals surface area (Å²) < 4.78 is 31.0. The van der Waals surface area contributed by atoms with Gasteiger partial charge in [0, 0.05) is 27.2 Å². The minimum absolute atomic E-state index is 0.237. The first-order chi connectivity index (χ1) is 9.91. The molecule has 0 bridgehead atoms. The number of nitrogens with two attached hydrogens (primary N) is 1. The van der Waals surface area contributed by atoms with Crippen molar-refractivity contribution in [2.75, 3.05) is 38.3 Å². The summed E-state index contributed by atoms with van der Waals surface area (Å²) in [5.74, 6) is 0. The van der Waals surface area contributed by atoms with Gasteiger partial charge in [0.25, 0.3) is 0 Å². The van der Waals surface area contributed by atoms with Gasteiger partial charge in [-0.05, 0) is 37.5 Å². The molecule has 0 aromatic heterocycles. The third-order valence-corrected chi connectivity index (χ3v) is 5.42. The number of nitrogens with one attached hydrogen (secondary N) is 1. The van der Waals surface area contributed by atoms with Crippen LogP contribution in [0.2, 0.25) is 0 Å². The molecule has 1 aliphatic heterocycles. The average Bonchev–Trinajstić information content (AvgIpc) is 2.93. The minimum atomic E-state index is -3.44. The highest BCUT2D eigenvalue weighted by molar-refractivity contribution is 7.89. The monoisotopic (exact) mass is 313 g/mol. The van der Waals surface area contributed by atoms with Gasteiger partial charge in [-0.25, -0.2) is 12.7 Å². The zero-order valence-corrected chi connectivity index (χ0v) is 13.3. The first kappa shape index (κ1) is 16.1. The van der Waals surface area contributed by atoms with Crippen LogP contribution in [0.1, 0.15) is 19.3 Å². The van der Waals surface area contributed by atoms with E-state index in [0.717, 1.165) is 25.9 Å². The lowest BCUT2D eigenvalue weighted by atomic mass is 10.2. The summed E-state index contributed by atoms with van der Waals surface area (Å²) in [7, 11) is -0.423. The largest absolute Gasteiger partial charge is 0.397 e. The second-order valence-electron chi connectivity index (χ2n) is 5.39. The van der Waals surface area contributed by atoms with Gasteiger partial charge in [-0.2, -0.15) is 0 Å². The zero-order valence-electron chi connectivity index (χ0n) is 12.5. The molecular weight excluding hydrogens is 290 g/mol. The fraction of sp³-hybridized carbons (Fsp3) is 0.571. The van der Waals surface area contributed by atoms with E-state index in [4.69, 9.17) is 10.5 Å². The van der Waals surface area contributed by atoms with E-state index in [1.165, 1.54) is 24.5 Å². The van der Waals surface area contributed by atoms with Gasteiger partial charge in [-0.15, -0.1) is 0 Å². The molecule has 6 nitrogen and oxygen atoms in total. The Labute approximate surface area is 126 Å². The number of nitrogen functional groups attached to an aromatic ring is 1. The topological polar surface area (TPSA) is 84.7 Å². The molecule has 1 aromatic rings. The van der Waals surface area contributed by atoms with Crippen molar-refractivity contribution >= 4 is 21.4 Å². The summed E-state index contributed by atoms with van der Waals surface area (Å²) in [5.41, 5.74) is 7.09. The third-order valence-electron chi connectivity index (χ3n) is 3.61. The highest BCUT2D eigenvalue weighted by Crippen LogP contribution is 2.24. The summed E-state index contributed by atoms with van der Waals surface area (Å²) >= 11 is 0. The molecule has 0 radical (unpaired) electrons. The predicted octanol–water partition coefficient (Wildman–Crippen LogP) is 1.50. The van der Waals surface area contributed by atoms with Crippen LogP contribution in [0, 0.1) is 0 Å². The maximum Gasteiger partial charge on any atom is 0.242 e. The average molecular weight is 313 g/mol. The summed E-state index contributed by atoms with van der Waals surface area (Å²) in [6.45, 7) is 1.55. The molecule has 1 fully saturated rings. The van der Waals surface area contributed by atoms with Gasteiger partial charge in [0.2, 0.25) is 10.0 Å². The Kier molecular flexibility index (Phi) is 5.08. The van der Waals surface area contributed by atoms with Gasteiger partial charge in [-0.1, -0.05) is 0 Å². The van der Waals surface area contributed by atoms with Crippen molar-refractivity contribution in [1.29, 1.82) is 0 Å². The Morgan fingerprint density at radius 3 is 2.81 bits per heavy atom. The quantitative estimate of drug-likeness (QED) is 0.778. The van der Waals surface area contributed by atoms with Crippen molar-refractivity contribution in [3.63, 3.8) is 0 Å². The molecule has 1 aromatic carbocycles. The van der Waals surface area contributed by atoms with Crippen molar-refractivity contribution in [2.24, 2.45) is 0 Å². The van der Waals surface area contributed by atoms with Gasteiger partial charge in [0.1, 0.15) is 0 Å². The fourth-order valence-electron chi connectivity index (χ4n) is 2.30. The van der Waals surface area contributed by atoms with Crippen molar-refractivity contribution in [1.82, 2.24) is 4.31 Å². The molecular formula is C14H23N3O3S. The molecule has 0 spiro atoms. The van der Waals surface area contributed by atoms with E-state index in [-0.39, 0.29) is 4.90 Å². The lowest BCUT2D eigenvalue weighted by Gasteiger charge is -2.15. The number of anilines is 2. The highest BCUT2D eigenvalue weighted by atomic mass is 32.2. The molecule has 21 heavy (non-hydrogen) atoms. The van der Waals surface area contributed by atoms with Crippen molar-refractivity contribution < 1.29 is 13.2 Å². The lowest BCUT2D eigenvalue weighted by molar-refractivity contribution is 0.107. The minimum Gasteiger partial charge on any atom is -0.397 e. The summed E-state index contributed by atoms with van der Waals surface area (Å²) in [5, 5.41) is 3.20. The second-order valence-corrected chi connectivity index (χ2v) is 7.54. The fourth-order valence-corrected chi connectivity index (χ4v) is 3.23. The Hall–Kier alpha value is -1.31. The number of hydrogen-bond acceptors (Lipinski definition) is 5. The summed E-state index contributed by atoms with van der Waals surface area (Å²) in [6.07, 6.45) is 3.40. The Morgan fingerprint density at radius 1 is 1.43 bits per heavy atom. The van der Waals surface area contributed by atoms with E-state index < -0.39 is 10.0 Å². The van der Waals surface area contributed by atoms with Crippen LogP contribution in [0.25, 0.3) is 0 Å². The van der Waals surface area contributed by atoms with Crippen molar-refractivity contribution in [3.8, 4) is 0 Å². The third kappa shape index (κ3) is 3.87. The SMILES string of the molecule is CN(C)S(=O)(=O)c1ccc(N)c(NCCC2CCCO2)c1. The number of hydrogen-bond donors (Lipinski definition) is 2. The Bertz CT molecular complexity index is 581. The first-order valence-electron chi connectivity index (χ1n) is 7.09. The van der Waals surface area contributed by atoms with Crippen LogP contribution in [0.5, 0.6) is 0 Å². The molecule has 2 rings (SSSR count). The standard InChI is InChI=1S/C14H23N3O3S/c1-17(2)21(18,19)12-5-6-13(15)14(10-12)16-8-7-11-4-3-9-20-11/h5-6,10-11,16H,3-4,7-9,15H2,1-2H3. The number of benzene rings is 1. The molecule has 3 N–H and O–H groups in total. The van der Waals surface area contributed by atoms with E-state index in [2.05, 4.69) is 5.32 Å². The van der Waals surface area contributed by atoms with E-state index in [0.29, 0.717) is 24.0 Å². The second kappa shape index (κ2) is 6.64. The van der Waals surface area contributed by atoms with E-state index in [1.807, 2.05) is 0 Å². The van der Waals surface area contributed by atoms with Crippen molar-refractivity contribution in [3.05, 3.63) is 18.2 Å². The number of sulfonamides is 1. The molecule has 1 heterocycles. The molecule has 1 unspecified atom stereocenters. The molecule has 7 heteroatoms. The van der Waals surface area contributed by atoms with Crippen LogP contribution < -0.4 is 11.1 Å². The highest BCUT2D eigenvalue weighted by Gasteiger charge is 2.19. The van der Waals surface area contributed by atoms with Gasteiger partial charge in [0.05, 0.1) is 22.4 Å². The molecule has 0 aliphatic carbocycles. The van der Waals surface area contributed by atoms with Gasteiger partial charge >= 0.3 is 0 Å². The Balaban J connectivity index is 2.05. The number of ether oxygens (including phenoxy) is 1. The van der Waals surface area contributed by atoms with E-state index in [1.54, 1.807) is 12.1 Å². The van der Waals surface area contributed by atoms with Crippen LogP contribution in [-0.4, -0.2) is 46.1 Å². The summed E-state index contributed by atoms with van der Waals surface area (Å²) in [4.78, 5) is 0.237. The normalized spacial score (nSPS) is 19.1. The smallest absolute Gasteiger partial charge is 0.242 e. The molecule has 0 amide bonds. The molecule has 0 saturated carbocycles. The van der Waals surface area contributed by atoms with E-state index in [9.17, 15) is 8.42 Å². The predicted molar refractivity (Wildman–Crippen MR) is 83.8 cm³/mol. The number of rotatable bonds is 6. The Morgan fingerprint density at radius 2 is 2.19 bits per heavy atom. The molecule has 1 atom stereocenters. The zero-order chi connectivity index (χ0) is 15.5.